The van der Waals surface area contributed by atoms with Gasteiger partial charge in [0.15, 0.2) is 5.71 Å². The molecule has 2 heterocycles. The van der Waals surface area contributed by atoms with Crippen molar-refractivity contribution in [3.8, 4) is 0 Å². The van der Waals surface area contributed by atoms with E-state index in [-0.39, 0.29) is 56.9 Å². The Morgan fingerprint density at radius 2 is 1.24 bits per heavy atom. The molecule has 2 aliphatic rings. The van der Waals surface area contributed by atoms with Gasteiger partial charge in [-0.3, -0.25) is 23.0 Å². The molecule has 0 radical (unpaired) electrons. The number of hydrogen-bond donors (Lipinski definition) is 5. The van der Waals surface area contributed by atoms with E-state index in [1.54, 1.807) is 42.9 Å². The van der Waals surface area contributed by atoms with Gasteiger partial charge in [0.05, 0.1) is 66.4 Å². The second-order valence-corrected chi connectivity index (χ2v) is 22.4. The molecule has 370 valence electrons. The molecule has 0 bridgehead atoms. The Morgan fingerprint density at radius 1 is 0.682 bits per heavy atom. The number of fused-ring (bicyclic) bond motifs is 2. The van der Waals surface area contributed by atoms with Gasteiger partial charge in [0.25, 0.3) is 40.5 Å². The van der Waals surface area contributed by atoms with Crippen molar-refractivity contribution in [1.82, 2.24) is 0 Å². The van der Waals surface area contributed by atoms with E-state index in [0.29, 0.717) is 92.6 Å². The maximum Gasteiger partial charge on any atom is 0.303 e. The molecule has 2 unspecified atom stereocenters. The topological polar surface area (TPSA) is 298 Å². The molecule has 2 atom stereocenters. The smallest absolute Gasteiger partial charge is 0.303 e. The van der Waals surface area contributed by atoms with Gasteiger partial charge in [-0.2, -0.15) is 38.2 Å². The molecule has 66 heavy (non-hydrogen) atoms. The molecule has 0 saturated carbocycles. The van der Waals surface area contributed by atoms with Crippen LogP contribution in [0.25, 0.3) is 0 Å². The van der Waals surface area contributed by atoms with Crippen LogP contribution in [0.1, 0.15) is 76.3 Å². The molecule has 20 nitrogen and oxygen atoms in total. The molecule has 2 aromatic carbocycles. The van der Waals surface area contributed by atoms with E-state index >= 15 is 0 Å². The first-order valence-corrected chi connectivity index (χ1v) is 27.3. The lowest BCUT2D eigenvalue weighted by Gasteiger charge is -2.30. The van der Waals surface area contributed by atoms with Crippen molar-refractivity contribution in [2.45, 2.75) is 85.8 Å². The van der Waals surface area contributed by atoms with Crippen LogP contribution in [0, 0.1) is 0 Å². The summed E-state index contributed by atoms with van der Waals surface area (Å²) in [5.41, 5.74) is 0.851. The molecule has 2 aliphatic heterocycles. The van der Waals surface area contributed by atoms with Crippen LogP contribution in [-0.2, 0) is 75.0 Å². The maximum atomic E-state index is 12.5. The van der Waals surface area contributed by atoms with Gasteiger partial charge in [0, 0.05) is 67.6 Å². The number of anilines is 1. The molecule has 0 saturated heterocycles. The number of aliphatic carboxylic acids is 1. The van der Waals surface area contributed by atoms with E-state index in [0.717, 1.165) is 0 Å². The summed E-state index contributed by atoms with van der Waals surface area (Å²) in [7, 11) is -16.6. The Morgan fingerprint density at radius 3 is 1.82 bits per heavy atom. The number of allylic oxidation sites excluding steroid dienone is 4. The standard InChI is InChI=1S/C42H60N2O18S4/c1-41(17-8-28-63(47,48)49)34-30-32(65(53,54)55)13-15-36(34)44(20-9-29-64(50,51)52)38(41)10-7-11-39-42(2,18-21-60-24-25-62-27-26-61-23-22-59-3)35-31-33(66(56,57)58)14-16-37(35)43(39)19-6-4-5-12-40(45)46/h7,10-11,13-16,30-31H,4-6,8-9,12,17-29H2,1-3H3,(H4-,45,46,47,48,49,50,51,52,53,54,55,56,57,58)/p+1. The summed E-state index contributed by atoms with van der Waals surface area (Å²) in [6.45, 7) is 6.18. The van der Waals surface area contributed by atoms with Crippen LogP contribution in [-0.4, -0.2) is 151 Å². The lowest BCUT2D eigenvalue weighted by molar-refractivity contribution is -0.437. The van der Waals surface area contributed by atoms with E-state index < -0.39 is 73.7 Å². The minimum absolute atomic E-state index is 0.0195. The Balaban J connectivity index is 1.83. The van der Waals surface area contributed by atoms with Gasteiger partial charge < -0.3 is 29.0 Å². The molecule has 0 fully saturated rings. The van der Waals surface area contributed by atoms with Gasteiger partial charge in [0.2, 0.25) is 5.69 Å². The summed E-state index contributed by atoms with van der Waals surface area (Å²) < 4.78 is 160. The molecule has 2 aromatic rings. The van der Waals surface area contributed by atoms with Crippen molar-refractivity contribution < 1.29 is 85.3 Å². The Bertz CT molecular complexity index is 2580. The monoisotopic (exact) mass is 1010 g/mol. The van der Waals surface area contributed by atoms with E-state index in [9.17, 15) is 61.8 Å². The van der Waals surface area contributed by atoms with Gasteiger partial charge in [0.1, 0.15) is 6.54 Å². The zero-order chi connectivity index (χ0) is 49.0. The Kier molecular flexibility index (Phi) is 19.6. The summed E-state index contributed by atoms with van der Waals surface area (Å²) in [6.07, 6.45) is 6.72. The SMILES string of the molecule is COCCOCCOCCOCCC1(C)C(=CC=CC2=[N+](CCCS(=O)(=O)O)c3ccc(S(=O)(=O)O)cc3C2(C)CCCS(=O)(=O)O)N(CCCCCC(=O)O)c2ccc(S(=O)(=O)O)cc21. The van der Waals surface area contributed by atoms with Crippen molar-refractivity contribution in [2.24, 2.45) is 0 Å². The summed E-state index contributed by atoms with van der Waals surface area (Å²) in [4.78, 5) is 12.5. The first-order valence-electron chi connectivity index (χ1n) is 21.2. The van der Waals surface area contributed by atoms with Gasteiger partial charge in [-0.15, -0.1) is 0 Å². The van der Waals surface area contributed by atoms with E-state index in [4.69, 9.17) is 18.9 Å². The summed E-state index contributed by atoms with van der Waals surface area (Å²) in [5, 5.41) is 9.23. The minimum atomic E-state index is -4.73. The number of benzene rings is 2. The first-order chi connectivity index (χ1) is 30.8. The zero-order valence-electron chi connectivity index (χ0n) is 37.2. The fraction of sp³-hybridized carbons (Fsp3) is 0.571. The fourth-order valence-corrected chi connectivity index (χ4v) is 10.3. The molecule has 0 amide bonds. The average Bonchev–Trinajstić information content (AvgIpc) is 3.57. The third kappa shape index (κ3) is 15.4. The van der Waals surface area contributed by atoms with Crippen molar-refractivity contribution in [1.29, 1.82) is 0 Å². The Labute approximate surface area is 387 Å². The molecular formula is C42H61N2O18S4+. The van der Waals surface area contributed by atoms with Crippen molar-refractivity contribution >= 4 is 63.5 Å². The van der Waals surface area contributed by atoms with Crippen LogP contribution in [0.5, 0.6) is 0 Å². The third-order valence-electron chi connectivity index (χ3n) is 11.6. The van der Waals surface area contributed by atoms with Crippen LogP contribution in [0.4, 0.5) is 11.4 Å². The van der Waals surface area contributed by atoms with Gasteiger partial charge in [-0.1, -0.05) is 12.5 Å². The molecule has 0 spiro atoms. The van der Waals surface area contributed by atoms with Crippen molar-refractivity contribution in [2.75, 3.05) is 82.9 Å². The normalized spacial score (nSPS) is 19.6. The maximum absolute atomic E-state index is 12.5. The van der Waals surface area contributed by atoms with Gasteiger partial charge in [-0.25, -0.2) is 0 Å². The average molecular weight is 1010 g/mol. The number of rotatable bonds is 30. The second-order valence-electron chi connectivity index (χ2n) is 16.4. The molecular weight excluding hydrogens is 949 g/mol. The van der Waals surface area contributed by atoms with Crippen LogP contribution < -0.4 is 4.90 Å². The second kappa shape index (κ2) is 23.6. The van der Waals surface area contributed by atoms with Crippen LogP contribution >= 0.6 is 0 Å². The highest BCUT2D eigenvalue weighted by molar-refractivity contribution is 7.86. The lowest BCUT2D eigenvalue weighted by Crippen LogP contribution is -2.32. The van der Waals surface area contributed by atoms with Gasteiger partial charge in [-0.05, 0) is 87.9 Å². The van der Waals surface area contributed by atoms with Crippen molar-refractivity contribution in [3.05, 3.63) is 71.5 Å². The molecule has 0 aliphatic carbocycles. The number of methoxy groups -OCH3 is 1. The predicted molar refractivity (Wildman–Crippen MR) is 243 cm³/mol. The fourth-order valence-electron chi connectivity index (χ4n) is 8.32. The van der Waals surface area contributed by atoms with Crippen LogP contribution in [0.3, 0.4) is 0 Å². The number of carbonyl (C=O) groups is 1. The van der Waals surface area contributed by atoms with E-state index in [1.807, 2.05) is 11.8 Å². The summed E-state index contributed by atoms with van der Waals surface area (Å²) in [6, 6.07) is 8.11. The number of nitrogens with zero attached hydrogens (tertiary/aromatic N) is 2. The Hall–Kier alpha value is -3.66. The third-order valence-corrected chi connectivity index (χ3v) is 14.9. The van der Waals surface area contributed by atoms with Crippen LogP contribution in [0.2, 0.25) is 0 Å². The summed E-state index contributed by atoms with van der Waals surface area (Å²) in [5.74, 6) is -2.19. The van der Waals surface area contributed by atoms with Crippen LogP contribution in [0.15, 0.2) is 70.1 Å². The quantitative estimate of drug-likeness (QED) is 0.0411. The highest BCUT2D eigenvalue weighted by Crippen LogP contribution is 2.51. The number of hydrogen-bond acceptors (Lipinski definition) is 14. The number of carboxylic acids is 1. The van der Waals surface area contributed by atoms with Crippen molar-refractivity contribution in [3.63, 3.8) is 0 Å². The minimum Gasteiger partial charge on any atom is -0.481 e. The molecule has 24 heteroatoms. The highest BCUT2D eigenvalue weighted by Gasteiger charge is 2.48. The predicted octanol–water partition coefficient (Wildman–Crippen LogP) is 4.43. The number of unbranched alkanes of at least 4 members (excludes halogenated alkanes) is 2. The number of carboxylic acid groups (broad SMARTS) is 1. The largest absolute Gasteiger partial charge is 0.481 e. The van der Waals surface area contributed by atoms with Gasteiger partial charge >= 0.3 is 5.97 Å². The highest BCUT2D eigenvalue weighted by atomic mass is 32.2. The molecule has 4 rings (SSSR count). The van der Waals surface area contributed by atoms with E-state index in [1.165, 1.54) is 30.3 Å². The molecule has 0 aromatic heterocycles. The lowest BCUT2D eigenvalue weighted by atomic mass is 9.75. The number of ether oxygens (including phenoxy) is 4. The van der Waals surface area contributed by atoms with E-state index in [2.05, 4.69) is 0 Å². The first kappa shape index (κ1) is 54.9. The zero-order valence-corrected chi connectivity index (χ0v) is 40.5. The molecule has 5 N–H and O–H groups in total. The summed E-state index contributed by atoms with van der Waals surface area (Å²) >= 11 is 0.